The molecule has 0 amide bonds. The quantitative estimate of drug-likeness (QED) is 0.197. The van der Waals surface area contributed by atoms with Crippen LogP contribution in [0.15, 0.2) is 156 Å². The summed E-state index contributed by atoms with van der Waals surface area (Å²) in [6, 6.07) is 31.1. The van der Waals surface area contributed by atoms with Gasteiger partial charge in [0.15, 0.2) is 23.1 Å². The summed E-state index contributed by atoms with van der Waals surface area (Å²) >= 11 is 0. The second kappa shape index (κ2) is 10.6. The topological polar surface area (TPSA) is 69.6 Å². The molecule has 3 aromatic heterocycles. The summed E-state index contributed by atoms with van der Waals surface area (Å²) in [7, 11) is 0. The van der Waals surface area contributed by atoms with Crippen LogP contribution in [0.5, 0.6) is 0 Å². The lowest BCUT2D eigenvalue weighted by Crippen LogP contribution is -2.00. The highest BCUT2D eigenvalue weighted by Gasteiger charge is 2.16. The fourth-order valence-electron chi connectivity index (χ4n) is 5.61. The van der Waals surface area contributed by atoms with Crippen molar-refractivity contribution in [2.45, 2.75) is 0 Å². The minimum atomic E-state index is -0.460. The van der Waals surface area contributed by atoms with Crippen molar-refractivity contribution in [3.05, 3.63) is 151 Å². The smallest absolute Gasteiger partial charge is 0.227 e. The van der Waals surface area contributed by atoms with E-state index in [4.69, 9.17) is 11.3 Å². The van der Waals surface area contributed by atoms with Gasteiger partial charge < -0.3 is 8.98 Å². The second-order valence-electron chi connectivity index (χ2n) is 10.6. The van der Waals surface area contributed by atoms with Crippen LogP contribution in [0.3, 0.4) is 0 Å². The van der Waals surface area contributed by atoms with Gasteiger partial charge in [-0.15, -0.1) is 0 Å². The summed E-state index contributed by atoms with van der Waals surface area (Å²) in [4.78, 5) is 18.6. The van der Waals surface area contributed by atoms with Gasteiger partial charge >= 0.3 is 0 Å². The van der Waals surface area contributed by atoms with Gasteiger partial charge in [0.25, 0.3) is 0 Å². The Morgan fingerprint density at radius 2 is 1.07 bits per heavy atom. The van der Waals surface area contributed by atoms with E-state index in [2.05, 4.69) is 19.9 Å². The van der Waals surface area contributed by atoms with E-state index < -0.39 is 18.1 Å². The highest BCUT2D eigenvalue weighted by molar-refractivity contribution is 6.09. The summed E-state index contributed by atoms with van der Waals surface area (Å²) in [5.74, 6) is 0.342. The van der Waals surface area contributed by atoms with Crippen LogP contribution < -0.4 is 0 Å². The van der Waals surface area contributed by atoms with Crippen molar-refractivity contribution in [3.8, 4) is 51.3 Å². The van der Waals surface area contributed by atoms with Crippen molar-refractivity contribution in [2.75, 3.05) is 0 Å². The summed E-state index contributed by atoms with van der Waals surface area (Å²) in [5.41, 5.74) is 2.33. The van der Waals surface area contributed by atoms with Crippen molar-refractivity contribution in [1.82, 2.24) is 24.5 Å². The molecule has 46 heavy (non-hydrogen) atoms. The minimum absolute atomic E-state index is 0.00401. The number of benzene rings is 6. The van der Waals surface area contributed by atoms with Gasteiger partial charge in [0.2, 0.25) is 5.89 Å². The van der Waals surface area contributed by atoms with E-state index in [0.29, 0.717) is 33.8 Å². The van der Waals surface area contributed by atoms with E-state index in [1.54, 1.807) is 4.57 Å². The van der Waals surface area contributed by atoms with Crippen LogP contribution in [0.4, 0.5) is 0 Å². The SMILES string of the molecule is [2H]c1c([2H])c(-c2nc3c([2H])c(-c4nc(-c5ccccc5)nc(-c5ccccc5)n4)c([2H])c([2H])c3o2)c([2H])c(-n2c3ccccc3c3ccccc32)c1[2H]. The Morgan fingerprint density at radius 3 is 1.70 bits per heavy atom. The summed E-state index contributed by atoms with van der Waals surface area (Å²) < 4.78 is 71.1. The molecule has 0 unspecified atom stereocenters. The van der Waals surface area contributed by atoms with Crippen molar-refractivity contribution < 1.29 is 14.0 Å². The fraction of sp³-hybridized carbons (Fsp3) is 0. The Labute approximate surface area is 274 Å². The van der Waals surface area contributed by atoms with Crippen LogP contribution in [0, 0.1) is 0 Å². The molecular formula is C40H25N5O. The van der Waals surface area contributed by atoms with E-state index in [9.17, 15) is 2.74 Å². The third-order valence-electron chi connectivity index (χ3n) is 7.72. The predicted molar refractivity (Wildman–Crippen MR) is 183 cm³/mol. The molecule has 0 aliphatic carbocycles. The standard InChI is InChI=1S/C40H25N5O/c1-3-12-26(13-4-1)37-42-38(27-14-5-2-6-15-27)44-39(43-37)28-22-23-36-33(25-28)41-40(46-36)29-16-11-17-30(24-29)45-34-20-9-7-18-31(34)32-19-8-10-21-35(32)45/h1-25H/i11D,16D,17D,22D,23D,24D,25D. The number of fused-ring (bicyclic) bond motifs is 4. The molecule has 6 aromatic carbocycles. The van der Waals surface area contributed by atoms with E-state index in [1.165, 1.54) is 0 Å². The molecular weight excluding hydrogens is 566 g/mol. The molecule has 0 radical (unpaired) electrons. The monoisotopic (exact) mass is 598 g/mol. The third kappa shape index (κ3) is 4.43. The number of rotatable bonds is 5. The molecule has 0 bridgehead atoms. The number of nitrogens with zero attached hydrogens (tertiary/aromatic N) is 5. The van der Waals surface area contributed by atoms with Gasteiger partial charge in [0.1, 0.15) is 5.52 Å². The second-order valence-corrected chi connectivity index (χ2v) is 10.6. The lowest BCUT2D eigenvalue weighted by Gasteiger charge is -2.08. The molecule has 3 heterocycles. The molecule has 0 saturated carbocycles. The minimum Gasteiger partial charge on any atom is -0.436 e. The first-order valence-corrected chi connectivity index (χ1v) is 14.6. The summed E-state index contributed by atoms with van der Waals surface area (Å²) in [6.45, 7) is 0. The predicted octanol–water partition coefficient (Wildman–Crippen LogP) is 9.78. The maximum atomic E-state index is 9.40. The van der Waals surface area contributed by atoms with Gasteiger partial charge in [-0.1, -0.05) is 103 Å². The molecule has 6 nitrogen and oxygen atoms in total. The van der Waals surface area contributed by atoms with E-state index >= 15 is 0 Å². The van der Waals surface area contributed by atoms with Gasteiger partial charge in [-0.25, -0.2) is 19.9 Å². The van der Waals surface area contributed by atoms with Gasteiger partial charge in [-0.2, -0.15) is 0 Å². The van der Waals surface area contributed by atoms with Crippen molar-refractivity contribution in [1.29, 1.82) is 0 Å². The van der Waals surface area contributed by atoms with Gasteiger partial charge in [-0.05, 0) is 48.4 Å². The molecule has 0 atom stereocenters. The molecule has 0 saturated heterocycles. The maximum Gasteiger partial charge on any atom is 0.227 e. The largest absolute Gasteiger partial charge is 0.436 e. The Bertz CT molecular complexity index is 2820. The number of aromatic nitrogens is 5. The zero-order valence-electron chi connectivity index (χ0n) is 31.0. The average Bonchev–Trinajstić information content (AvgIpc) is 3.78. The molecule has 9 rings (SSSR count). The maximum absolute atomic E-state index is 9.40. The lowest BCUT2D eigenvalue weighted by atomic mass is 10.1. The molecule has 6 heteroatoms. The number of oxazole rings is 1. The van der Waals surface area contributed by atoms with Crippen LogP contribution in [0.1, 0.15) is 9.60 Å². The zero-order chi connectivity index (χ0) is 36.5. The van der Waals surface area contributed by atoms with Crippen LogP contribution >= 0.6 is 0 Å². The Kier molecular flexibility index (Phi) is 4.58. The lowest BCUT2D eigenvalue weighted by molar-refractivity contribution is 0.620. The zero-order valence-corrected chi connectivity index (χ0v) is 24.0. The van der Waals surface area contributed by atoms with E-state index in [-0.39, 0.29) is 63.8 Å². The van der Waals surface area contributed by atoms with Crippen molar-refractivity contribution >= 4 is 32.9 Å². The molecule has 0 spiro atoms. The molecule has 9 aromatic rings. The Balaban J connectivity index is 1.28. The summed E-state index contributed by atoms with van der Waals surface area (Å²) in [5, 5.41) is 1.79. The van der Waals surface area contributed by atoms with Crippen LogP contribution in [-0.2, 0) is 0 Å². The molecule has 0 aliphatic rings. The first-order chi connectivity index (χ1) is 25.7. The number of hydrogen-bond acceptors (Lipinski definition) is 5. The third-order valence-corrected chi connectivity index (χ3v) is 7.72. The van der Waals surface area contributed by atoms with Crippen LogP contribution in [-0.4, -0.2) is 24.5 Å². The molecule has 0 aliphatic heterocycles. The summed E-state index contributed by atoms with van der Waals surface area (Å²) in [6.07, 6.45) is 0. The fourth-order valence-corrected chi connectivity index (χ4v) is 5.61. The highest BCUT2D eigenvalue weighted by Crippen LogP contribution is 2.34. The van der Waals surface area contributed by atoms with Crippen molar-refractivity contribution in [2.24, 2.45) is 0 Å². The van der Waals surface area contributed by atoms with Crippen LogP contribution in [0.25, 0.3) is 84.2 Å². The molecule has 0 fully saturated rings. The Morgan fingerprint density at radius 1 is 0.500 bits per heavy atom. The van der Waals surface area contributed by atoms with Gasteiger partial charge in [0.05, 0.1) is 20.6 Å². The van der Waals surface area contributed by atoms with Crippen molar-refractivity contribution in [3.63, 3.8) is 0 Å². The van der Waals surface area contributed by atoms with Gasteiger partial charge in [-0.3, -0.25) is 0 Å². The normalized spacial score (nSPS) is 13.6. The molecule has 216 valence electrons. The molecule has 0 N–H and O–H groups in total. The Hall–Kier alpha value is -6.40. The first kappa shape index (κ1) is 19.8. The van der Waals surface area contributed by atoms with Crippen LogP contribution in [0.2, 0.25) is 0 Å². The first-order valence-electron chi connectivity index (χ1n) is 18.1. The van der Waals surface area contributed by atoms with Gasteiger partial charge in [0, 0.05) is 38.7 Å². The average molecular weight is 599 g/mol. The number of hydrogen-bond donors (Lipinski definition) is 0. The van der Waals surface area contributed by atoms with E-state index in [1.807, 2.05) is 109 Å². The highest BCUT2D eigenvalue weighted by atomic mass is 16.3. The number of para-hydroxylation sites is 2. The van der Waals surface area contributed by atoms with E-state index in [0.717, 1.165) is 10.8 Å².